The van der Waals surface area contributed by atoms with Gasteiger partial charge >= 0.3 is 0 Å². The summed E-state index contributed by atoms with van der Waals surface area (Å²) >= 11 is 0. The van der Waals surface area contributed by atoms with Crippen molar-refractivity contribution in [1.29, 1.82) is 0 Å². The quantitative estimate of drug-likeness (QED) is 0.563. The second-order valence-electron chi connectivity index (χ2n) is 2.09. The van der Waals surface area contributed by atoms with Crippen molar-refractivity contribution in [2.24, 2.45) is 0 Å². The molecule has 0 fully saturated rings. The second-order valence-corrected chi connectivity index (χ2v) is 2.09. The molecule has 4 N–H and O–H groups in total. The minimum Gasteiger partial charge on any atom is -0.412 e. The van der Waals surface area contributed by atoms with Gasteiger partial charge in [-0.25, -0.2) is 0 Å². The molecule has 1 aromatic carbocycles. The van der Waals surface area contributed by atoms with E-state index >= 15 is 0 Å². The van der Waals surface area contributed by atoms with Gasteiger partial charge in [-0.15, -0.1) is 0 Å². The SMILES string of the molecule is FCC[B]c1ccccc1.O.O. The van der Waals surface area contributed by atoms with Crippen LogP contribution in [0.1, 0.15) is 0 Å². The Balaban J connectivity index is 0. The van der Waals surface area contributed by atoms with Crippen LogP contribution in [0, 0.1) is 0 Å². The molecule has 0 bridgehead atoms. The van der Waals surface area contributed by atoms with Crippen LogP contribution in [0.15, 0.2) is 30.3 Å². The van der Waals surface area contributed by atoms with E-state index < -0.39 is 0 Å². The smallest absolute Gasteiger partial charge is 0.154 e. The molecule has 0 aliphatic heterocycles. The fourth-order valence-electron chi connectivity index (χ4n) is 0.810. The largest absolute Gasteiger partial charge is 0.412 e. The highest BCUT2D eigenvalue weighted by Gasteiger charge is 1.91. The molecule has 1 rings (SSSR count). The summed E-state index contributed by atoms with van der Waals surface area (Å²) in [6.07, 6.45) is 0.518. The van der Waals surface area contributed by atoms with Gasteiger partial charge in [-0.3, -0.25) is 4.39 Å². The number of hydrogen-bond acceptors (Lipinski definition) is 0. The highest BCUT2D eigenvalue weighted by molar-refractivity contribution is 6.53. The molecule has 0 saturated carbocycles. The third-order valence-electron chi connectivity index (χ3n) is 1.29. The van der Waals surface area contributed by atoms with E-state index in [2.05, 4.69) is 0 Å². The summed E-state index contributed by atoms with van der Waals surface area (Å²) in [5.74, 6) is 0. The van der Waals surface area contributed by atoms with E-state index in [4.69, 9.17) is 0 Å². The minimum atomic E-state index is -0.269. The molecule has 0 amide bonds. The van der Waals surface area contributed by atoms with E-state index in [1.807, 2.05) is 37.6 Å². The number of hydrogen-bond donors (Lipinski definition) is 0. The van der Waals surface area contributed by atoms with Crippen LogP contribution < -0.4 is 5.46 Å². The van der Waals surface area contributed by atoms with Crippen LogP contribution in [0.5, 0.6) is 0 Å². The summed E-state index contributed by atoms with van der Waals surface area (Å²) < 4.78 is 11.6. The molecule has 0 aliphatic rings. The van der Waals surface area contributed by atoms with Gasteiger partial charge in [-0.05, 0) is 6.32 Å². The normalized spacial score (nSPS) is 7.75. The molecule has 0 heterocycles. The fourth-order valence-corrected chi connectivity index (χ4v) is 0.810. The Labute approximate surface area is 72.3 Å². The Morgan fingerprint density at radius 1 is 1.08 bits per heavy atom. The van der Waals surface area contributed by atoms with E-state index in [1.54, 1.807) is 0 Å². The Kier molecular flexibility index (Phi) is 9.40. The third-order valence-corrected chi connectivity index (χ3v) is 1.29. The molecule has 0 unspecified atom stereocenters. The Hall–Kier alpha value is -0.865. The van der Waals surface area contributed by atoms with Gasteiger partial charge < -0.3 is 11.0 Å². The number of rotatable bonds is 3. The molecule has 1 radical (unpaired) electrons. The van der Waals surface area contributed by atoms with E-state index in [9.17, 15) is 4.39 Å². The van der Waals surface area contributed by atoms with Gasteiger partial charge in [-0.1, -0.05) is 35.8 Å². The first kappa shape index (κ1) is 13.7. The molecular weight excluding hydrogens is 158 g/mol. The van der Waals surface area contributed by atoms with Crippen LogP contribution in [0.2, 0.25) is 6.32 Å². The van der Waals surface area contributed by atoms with Gasteiger partial charge in [0, 0.05) is 0 Å². The van der Waals surface area contributed by atoms with Crippen molar-refractivity contribution in [3.8, 4) is 0 Å². The number of halogens is 1. The lowest BCUT2D eigenvalue weighted by Gasteiger charge is -1.93. The first-order valence-electron chi connectivity index (χ1n) is 3.37. The molecule has 0 atom stereocenters. The van der Waals surface area contributed by atoms with E-state index in [1.165, 1.54) is 0 Å². The standard InChI is InChI=1S/C8H9BF.2H2O/c10-7-6-9-8-4-2-1-3-5-8;;/h1-5H,6-7H2;2*1H2. The maximum atomic E-state index is 11.6. The molecule has 2 nitrogen and oxygen atoms in total. The molecule has 0 aliphatic carbocycles. The maximum Gasteiger partial charge on any atom is 0.154 e. The number of benzene rings is 1. The van der Waals surface area contributed by atoms with Gasteiger partial charge in [0.2, 0.25) is 0 Å². The van der Waals surface area contributed by atoms with Gasteiger partial charge in [0.25, 0.3) is 0 Å². The first-order chi connectivity index (χ1) is 4.93. The molecule has 1 aromatic rings. The Bertz CT molecular complexity index is 182. The minimum absolute atomic E-state index is 0. The lowest BCUT2D eigenvalue weighted by molar-refractivity contribution is 0.526. The third kappa shape index (κ3) is 4.88. The van der Waals surface area contributed by atoms with Crippen molar-refractivity contribution >= 4 is 12.7 Å². The van der Waals surface area contributed by atoms with Crippen molar-refractivity contribution in [3.05, 3.63) is 30.3 Å². The van der Waals surface area contributed by atoms with Gasteiger partial charge in [0.1, 0.15) is 0 Å². The second kappa shape index (κ2) is 8.23. The van der Waals surface area contributed by atoms with E-state index in [0.29, 0.717) is 6.32 Å². The average molecular weight is 171 g/mol. The van der Waals surface area contributed by atoms with E-state index in [0.717, 1.165) is 5.46 Å². The van der Waals surface area contributed by atoms with Crippen LogP contribution in [0.25, 0.3) is 0 Å². The van der Waals surface area contributed by atoms with Crippen molar-refractivity contribution in [1.82, 2.24) is 0 Å². The molecule has 0 saturated heterocycles. The maximum absolute atomic E-state index is 11.6. The van der Waals surface area contributed by atoms with Crippen LogP contribution in [-0.4, -0.2) is 24.9 Å². The molecule has 0 aromatic heterocycles. The zero-order chi connectivity index (χ0) is 7.23. The first-order valence-corrected chi connectivity index (χ1v) is 3.37. The predicted molar refractivity (Wildman–Crippen MR) is 49.8 cm³/mol. The average Bonchev–Trinajstić information content (AvgIpc) is 2.03. The van der Waals surface area contributed by atoms with Crippen molar-refractivity contribution in [3.63, 3.8) is 0 Å². The van der Waals surface area contributed by atoms with Gasteiger partial charge in [-0.2, -0.15) is 0 Å². The Morgan fingerprint density at radius 2 is 1.67 bits per heavy atom. The van der Waals surface area contributed by atoms with Crippen LogP contribution in [-0.2, 0) is 0 Å². The summed E-state index contributed by atoms with van der Waals surface area (Å²) in [6, 6.07) is 9.78. The number of alkyl halides is 1. The topological polar surface area (TPSA) is 63.0 Å². The lowest BCUT2D eigenvalue weighted by Crippen LogP contribution is -2.12. The highest BCUT2D eigenvalue weighted by Crippen LogP contribution is 1.84. The van der Waals surface area contributed by atoms with Crippen molar-refractivity contribution in [2.45, 2.75) is 6.32 Å². The summed E-state index contributed by atoms with van der Waals surface area (Å²) in [7, 11) is 1.89. The molecule has 4 heteroatoms. The summed E-state index contributed by atoms with van der Waals surface area (Å²) in [5, 5.41) is 0. The summed E-state index contributed by atoms with van der Waals surface area (Å²) in [5.41, 5.74) is 1.10. The van der Waals surface area contributed by atoms with Gasteiger partial charge in [0.15, 0.2) is 7.28 Å². The van der Waals surface area contributed by atoms with Gasteiger partial charge in [0.05, 0.1) is 6.67 Å². The molecule has 0 spiro atoms. The van der Waals surface area contributed by atoms with E-state index in [-0.39, 0.29) is 17.6 Å². The summed E-state index contributed by atoms with van der Waals surface area (Å²) in [4.78, 5) is 0. The highest BCUT2D eigenvalue weighted by atomic mass is 19.1. The fraction of sp³-hybridized carbons (Fsp3) is 0.250. The predicted octanol–water partition coefficient (Wildman–Crippen LogP) is -0.246. The molecule has 67 valence electrons. The zero-order valence-corrected chi connectivity index (χ0v) is 6.76. The monoisotopic (exact) mass is 171 g/mol. The van der Waals surface area contributed by atoms with Crippen LogP contribution in [0.4, 0.5) is 4.39 Å². The molecular formula is C8H13BFO2. The van der Waals surface area contributed by atoms with Crippen LogP contribution >= 0.6 is 0 Å². The van der Waals surface area contributed by atoms with Crippen molar-refractivity contribution < 1.29 is 15.3 Å². The van der Waals surface area contributed by atoms with Crippen molar-refractivity contribution in [2.75, 3.05) is 6.67 Å². The lowest BCUT2D eigenvalue weighted by atomic mass is 9.68. The molecule has 12 heavy (non-hydrogen) atoms. The van der Waals surface area contributed by atoms with Crippen LogP contribution in [0.3, 0.4) is 0 Å². The zero-order valence-electron chi connectivity index (χ0n) is 6.76. The summed E-state index contributed by atoms with van der Waals surface area (Å²) in [6.45, 7) is -0.269. The Morgan fingerprint density at radius 3 is 2.17 bits per heavy atom.